The zero-order chi connectivity index (χ0) is 18.1. The van der Waals surface area contributed by atoms with Gasteiger partial charge in [0.2, 0.25) is 0 Å². The van der Waals surface area contributed by atoms with E-state index in [1.165, 1.54) is 49.9 Å². The van der Waals surface area contributed by atoms with Gasteiger partial charge < -0.3 is 9.80 Å². The average Bonchev–Trinajstić information content (AvgIpc) is 3.21. The highest BCUT2D eigenvalue weighted by Gasteiger charge is 2.26. The van der Waals surface area contributed by atoms with Crippen LogP contribution in [-0.4, -0.2) is 48.9 Å². The fraction of sp³-hybridized carbons (Fsp3) is 0.435. The van der Waals surface area contributed by atoms with Gasteiger partial charge in [0.25, 0.3) is 5.91 Å². The van der Waals surface area contributed by atoms with Crippen molar-refractivity contribution in [2.45, 2.75) is 38.1 Å². The fourth-order valence-corrected chi connectivity index (χ4v) is 4.48. The minimum absolute atomic E-state index is 0.0624. The number of hydrogen-bond donors (Lipinski definition) is 0. The van der Waals surface area contributed by atoms with Gasteiger partial charge in [0.1, 0.15) is 0 Å². The van der Waals surface area contributed by atoms with Gasteiger partial charge in [-0.05, 0) is 73.5 Å². The lowest BCUT2D eigenvalue weighted by atomic mass is 9.85. The van der Waals surface area contributed by atoms with Gasteiger partial charge in [-0.3, -0.25) is 4.79 Å². The Labute approximate surface area is 156 Å². The lowest BCUT2D eigenvalue weighted by Gasteiger charge is -2.32. The maximum Gasteiger partial charge on any atom is 0.253 e. The molecule has 4 rings (SSSR count). The molecule has 0 spiro atoms. The summed E-state index contributed by atoms with van der Waals surface area (Å²) in [6.07, 6.45) is 6.30. The summed E-state index contributed by atoms with van der Waals surface area (Å²) in [6.45, 7) is 2.55. The van der Waals surface area contributed by atoms with E-state index < -0.39 is 0 Å². The van der Waals surface area contributed by atoms with E-state index >= 15 is 0 Å². The third-order valence-electron chi connectivity index (χ3n) is 5.94. The second-order valence-electron chi connectivity index (χ2n) is 7.87. The molecule has 26 heavy (non-hydrogen) atoms. The van der Waals surface area contributed by atoms with Crippen molar-refractivity contribution in [3.8, 4) is 11.1 Å². The molecule has 0 radical (unpaired) electrons. The van der Waals surface area contributed by atoms with Crippen molar-refractivity contribution in [3.63, 3.8) is 0 Å². The van der Waals surface area contributed by atoms with Crippen LogP contribution in [0.4, 0.5) is 0 Å². The number of carbonyl (C=O) groups is 1. The highest BCUT2D eigenvalue weighted by atomic mass is 16.2. The molecule has 1 fully saturated rings. The Morgan fingerprint density at radius 3 is 2.58 bits per heavy atom. The third-order valence-corrected chi connectivity index (χ3v) is 5.94. The van der Waals surface area contributed by atoms with Crippen molar-refractivity contribution in [1.82, 2.24) is 9.80 Å². The van der Waals surface area contributed by atoms with E-state index in [0.717, 1.165) is 29.2 Å². The van der Waals surface area contributed by atoms with E-state index in [1.807, 2.05) is 32.3 Å². The lowest BCUT2D eigenvalue weighted by Crippen LogP contribution is -2.37. The highest BCUT2D eigenvalue weighted by molar-refractivity contribution is 6.00. The fourth-order valence-electron chi connectivity index (χ4n) is 4.48. The zero-order valence-corrected chi connectivity index (χ0v) is 15.9. The van der Waals surface area contributed by atoms with E-state index in [0.29, 0.717) is 0 Å². The average molecular weight is 348 g/mol. The number of aryl methyl sites for hydroxylation is 1. The predicted octanol–water partition coefficient (Wildman–Crippen LogP) is 4.01. The van der Waals surface area contributed by atoms with E-state index in [4.69, 9.17) is 0 Å². The molecule has 0 bridgehead atoms. The molecule has 1 amide bonds. The number of fused-ring (bicyclic) bond motifs is 1. The molecule has 1 atom stereocenters. The lowest BCUT2D eigenvalue weighted by molar-refractivity contribution is 0.0828. The van der Waals surface area contributed by atoms with Gasteiger partial charge in [-0.2, -0.15) is 0 Å². The molecule has 1 saturated heterocycles. The molecule has 1 heterocycles. The van der Waals surface area contributed by atoms with Crippen LogP contribution < -0.4 is 0 Å². The first-order valence-electron chi connectivity index (χ1n) is 9.80. The number of likely N-dealkylation sites (tertiary alicyclic amines) is 1. The minimum atomic E-state index is 0.0624. The maximum atomic E-state index is 12.5. The van der Waals surface area contributed by atoms with Crippen molar-refractivity contribution in [2.24, 2.45) is 0 Å². The van der Waals surface area contributed by atoms with E-state index in [-0.39, 0.29) is 5.91 Å². The zero-order valence-electron chi connectivity index (χ0n) is 15.9. The van der Waals surface area contributed by atoms with Crippen molar-refractivity contribution in [3.05, 3.63) is 59.2 Å². The summed E-state index contributed by atoms with van der Waals surface area (Å²) in [5, 5.41) is 0. The number of nitrogens with zero attached hydrogens (tertiary/aromatic N) is 2. The molecule has 2 aliphatic rings. The molecule has 136 valence electrons. The summed E-state index contributed by atoms with van der Waals surface area (Å²) < 4.78 is 0. The largest absolute Gasteiger partial charge is 0.345 e. The molecular formula is C23H28N2O. The smallest absolute Gasteiger partial charge is 0.253 e. The van der Waals surface area contributed by atoms with Gasteiger partial charge in [-0.1, -0.05) is 36.4 Å². The predicted molar refractivity (Wildman–Crippen MR) is 107 cm³/mol. The SMILES string of the molecule is CN(C)C(=O)c1ccccc1-c1ccc2c(c1)CCC(N1CCCC1)C2. The van der Waals surface area contributed by atoms with Gasteiger partial charge >= 0.3 is 0 Å². The number of carbonyl (C=O) groups excluding carboxylic acids is 1. The molecule has 0 N–H and O–H groups in total. The van der Waals surface area contributed by atoms with Gasteiger partial charge in [-0.25, -0.2) is 0 Å². The summed E-state index contributed by atoms with van der Waals surface area (Å²) in [4.78, 5) is 16.9. The van der Waals surface area contributed by atoms with Crippen molar-refractivity contribution in [1.29, 1.82) is 0 Å². The van der Waals surface area contributed by atoms with Gasteiger partial charge in [-0.15, -0.1) is 0 Å². The quantitative estimate of drug-likeness (QED) is 0.837. The van der Waals surface area contributed by atoms with Crippen LogP contribution in [0.3, 0.4) is 0 Å². The van der Waals surface area contributed by atoms with Crippen molar-refractivity contribution < 1.29 is 4.79 Å². The molecule has 3 nitrogen and oxygen atoms in total. The van der Waals surface area contributed by atoms with Crippen LogP contribution in [0.5, 0.6) is 0 Å². The van der Waals surface area contributed by atoms with Gasteiger partial charge in [0, 0.05) is 25.7 Å². The number of amides is 1. The Kier molecular flexibility index (Phi) is 4.82. The van der Waals surface area contributed by atoms with Crippen LogP contribution >= 0.6 is 0 Å². The van der Waals surface area contributed by atoms with E-state index in [1.54, 1.807) is 4.90 Å². The molecule has 0 saturated carbocycles. The Balaban J connectivity index is 1.62. The van der Waals surface area contributed by atoms with Crippen molar-refractivity contribution >= 4 is 5.91 Å². The van der Waals surface area contributed by atoms with Crippen LogP contribution in [0.15, 0.2) is 42.5 Å². The van der Waals surface area contributed by atoms with Crippen LogP contribution in [0, 0.1) is 0 Å². The molecule has 1 aliphatic heterocycles. The molecule has 1 unspecified atom stereocenters. The van der Waals surface area contributed by atoms with E-state index in [9.17, 15) is 4.79 Å². The van der Waals surface area contributed by atoms with Crippen LogP contribution in [0.2, 0.25) is 0 Å². The molecule has 1 aliphatic carbocycles. The third kappa shape index (κ3) is 3.28. The van der Waals surface area contributed by atoms with Crippen LogP contribution in [0.1, 0.15) is 40.7 Å². The molecular weight excluding hydrogens is 320 g/mol. The summed E-state index contributed by atoms with van der Waals surface area (Å²) in [5.74, 6) is 0.0624. The molecule has 2 aromatic rings. The highest BCUT2D eigenvalue weighted by Crippen LogP contribution is 2.32. The topological polar surface area (TPSA) is 23.6 Å². The second-order valence-corrected chi connectivity index (χ2v) is 7.87. The van der Waals surface area contributed by atoms with Crippen molar-refractivity contribution in [2.75, 3.05) is 27.2 Å². The first-order chi connectivity index (χ1) is 12.6. The summed E-state index contributed by atoms with van der Waals surface area (Å²) in [7, 11) is 3.62. The van der Waals surface area contributed by atoms with Crippen LogP contribution in [0.25, 0.3) is 11.1 Å². The first-order valence-corrected chi connectivity index (χ1v) is 9.80. The number of hydrogen-bond acceptors (Lipinski definition) is 2. The Morgan fingerprint density at radius 2 is 1.81 bits per heavy atom. The number of benzene rings is 2. The van der Waals surface area contributed by atoms with Gasteiger partial charge in [0.15, 0.2) is 0 Å². The monoisotopic (exact) mass is 348 g/mol. The van der Waals surface area contributed by atoms with E-state index in [2.05, 4.69) is 29.2 Å². The minimum Gasteiger partial charge on any atom is -0.345 e. The Morgan fingerprint density at radius 1 is 1.04 bits per heavy atom. The standard InChI is InChI=1S/C23H28N2O/c1-24(2)23(26)22-8-4-3-7-21(22)19-10-9-18-16-20(12-11-17(18)15-19)25-13-5-6-14-25/h3-4,7-10,15,20H,5-6,11-14,16H2,1-2H3. The Hall–Kier alpha value is -2.13. The second kappa shape index (κ2) is 7.24. The molecule has 3 heteroatoms. The van der Waals surface area contributed by atoms with Crippen LogP contribution in [-0.2, 0) is 12.8 Å². The molecule has 0 aromatic heterocycles. The summed E-state index contributed by atoms with van der Waals surface area (Å²) in [5.41, 5.74) is 5.94. The van der Waals surface area contributed by atoms with Gasteiger partial charge in [0.05, 0.1) is 0 Å². The normalized spacial score (nSPS) is 20.0. The molecule has 2 aromatic carbocycles. The first kappa shape index (κ1) is 17.3. The summed E-state index contributed by atoms with van der Waals surface area (Å²) >= 11 is 0. The Bertz CT molecular complexity index is 806. The summed E-state index contributed by atoms with van der Waals surface area (Å²) in [6, 6.07) is 15.5. The number of rotatable bonds is 3. The maximum absolute atomic E-state index is 12.5.